The summed E-state index contributed by atoms with van der Waals surface area (Å²) in [7, 11) is -4.34. The van der Waals surface area contributed by atoms with Gasteiger partial charge in [-0.2, -0.15) is 0 Å². The van der Waals surface area contributed by atoms with E-state index in [0.717, 1.165) is 41.7 Å². The fraction of sp³-hybridized carbons (Fsp3) is 0.538. The van der Waals surface area contributed by atoms with E-state index in [1.165, 1.54) is 5.56 Å². The minimum Gasteiger partial charge on any atom is -0.493 e. The maximum Gasteiger partial charge on any atom is 0.195 e. The van der Waals surface area contributed by atoms with Crippen molar-refractivity contribution in [1.29, 1.82) is 0 Å². The van der Waals surface area contributed by atoms with Gasteiger partial charge in [-0.15, -0.1) is 0 Å². The third-order valence-corrected chi connectivity index (χ3v) is 12.5. The van der Waals surface area contributed by atoms with Crippen molar-refractivity contribution in [2.75, 3.05) is 13.2 Å². The zero-order valence-corrected chi connectivity index (χ0v) is 23.9. The molecule has 0 saturated carbocycles. The van der Waals surface area contributed by atoms with Crippen molar-refractivity contribution in [2.45, 2.75) is 77.0 Å². The molecule has 4 atom stereocenters. The molecule has 0 amide bonds. The Balaban J connectivity index is 1.99. The molecule has 0 heterocycles. The summed E-state index contributed by atoms with van der Waals surface area (Å²) in [6.45, 7) is 11.6. The van der Waals surface area contributed by atoms with Gasteiger partial charge in [-0.05, 0) is 66.9 Å². The number of hydrogen-bond acceptors (Lipinski definition) is 4. The SMILES string of the molecule is CC[Si](CC)(CC)OC(CNC(C)Cc1ccc(OCC(C)[PH](=O)O)cc1)c1cccc(Cl)c1. The van der Waals surface area contributed by atoms with E-state index in [0.29, 0.717) is 5.75 Å². The largest absolute Gasteiger partial charge is 0.493 e. The van der Waals surface area contributed by atoms with E-state index < -0.39 is 16.3 Å². The van der Waals surface area contributed by atoms with E-state index in [9.17, 15) is 4.57 Å². The van der Waals surface area contributed by atoms with E-state index in [4.69, 9.17) is 25.7 Å². The first-order valence-electron chi connectivity index (χ1n) is 12.3. The van der Waals surface area contributed by atoms with Crippen LogP contribution in [0.3, 0.4) is 0 Å². The average Bonchev–Trinajstić information content (AvgIpc) is 2.84. The Morgan fingerprint density at radius 2 is 1.71 bits per heavy atom. The van der Waals surface area contributed by atoms with Gasteiger partial charge in [0.2, 0.25) is 0 Å². The number of hydrogen-bond donors (Lipinski definition) is 2. The van der Waals surface area contributed by atoms with Gasteiger partial charge in [0.1, 0.15) is 5.75 Å². The Morgan fingerprint density at radius 1 is 1.06 bits per heavy atom. The van der Waals surface area contributed by atoms with E-state index in [-0.39, 0.29) is 24.4 Å². The molecule has 190 valence electrons. The quantitative estimate of drug-likeness (QED) is 0.196. The summed E-state index contributed by atoms with van der Waals surface area (Å²) in [5, 5.41) is 4.41. The second-order valence-corrected chi connectivity index (χ2v) is 15.9. The molecule has 2 N–H and O–H groups in total. The molecule has 0 aromatic heterocycles. The number of halogens is 1. The van der Waals surface area contributed by atoms with Crippen molar-refractivity contribution in [3.8, 4) is 5.75 Å². The number of rotatable bonds is 15. The number of benzene rings is 2. The normalized spacial score (nSPS) is 15.5. The predicted molar refractivity (Wildman–Crippen MR) is 146 cm³/mol. The molecule has 0 spiro atoms. The maximum atomic E-state index is 11.1. The van der Waals surface area contributed by atoms with Crippen LogP contribution in [0.2, 0.25) is 23.2 Å². The molecule has 0 aliphatic carbocycles. The van der Waals surface area contributed by atoms with Crippen LogP contribution in [0.1, 0.15) is 51.8 Å². The standard InChI is InChI=1S/C26H41ClNO4PSi/c1-6-34(7-2,8-3)32-26(23-10-9-11-24(27)17-23)18-28-20(4)16-22-12-14-25(15-13-22)31-19-21(5)33(29)30/h9-15,17,20-21,26,28,33H,6-8,16,18-19H2,1-5H3,(H,29,30). The summed E-state index contributed by atoms with van der Waals surface area (Å²) in [5.74, 6) is 0.717. The molecule has 2 aromatic carbocycles. The van der Waals surface area contributed by atoms with Crippen LogP contribution in [0.15, 0.2) is 48.5 Å². The van der Waals surface area contributed by atoms with Gasteiger partial charge in [-0.25, -0.2) is 0 Å². The highest BCUT2D eigenvalue weighted by molar-refractivity contribution is 7.38. The van der Waals surface area contributed by atoms with E-state index in [1.54, 1.807) is 6.92 Å². The Kier molecular flexibility index (Phi) is 12.3. The lowest BCUT2D eigenvalue weighted by Crippen LogP contribution is -2.41. The minimum atomic E-state index is -2.56. The van der Waals surface area contributed by atoms with Crippen LogP contribution in [0.4, 0.5) is 0 Å². The molecule has 2 rings (SSSR count). The van der Waals surface area contributed by atoms with Gasteiger partial charge in [-0.1, -0.05) is 63.6 Å². The summed E-state index contributed by atoms with van der Waals surface area (Å²) < 4.78 is 23.6. The highest BCUT2D eigenvalue weighted by Gasteiger charge is 2.32. The van der Waals surface area contributed by atoms with Gasteiger partial charge in [0, 0.05) is 17.6 Å². The number of ether oxygens (including phenoxy) is 1. The van der Waals surface area contributed by atoms with Gasteiger partial charge in [0.15, 0.2) is 16.3 Å². The summed E-state index contributed by atoms with van der Waals surface area (Å²) in [6.07, 6.45) is 0.852. The highest BCUT2D eigenvalue weighted by Crippen LogP contribution is 2.31. The fourth-order valence-electron chi connectivity index (χ4n) is 3.98. The maximum absolute atomic E-state index is 11.1. The van der Waals surface area contributed by atoms with Gasteiger partial charge in [-0.3, -0.25) is 4.57 Å². The average molecular weight is 526 g/mol. The van der Waals surface area contributed by atoms with E-state index in [2.05, 4.69) is 39.1 Å². The first-order valence-corrected chi connectivity index (χ1v) is 16.7. The minimum absolute atomic E-state index is 0.0237. The molecule has 0 aliphatic rings. The molecule has 4 unspecified atom stereocenters. The smallest absolute Gasteiger partial charge is 0.195 e. The summed E-state index contributed by atoms with van der Waals surface area (Å²) in [5.41, 5.74) is 1.98. The monoisotopic (exact) mass is 525 g/mol. The molecule has 2 aromatic rings. The van der Waals surface area contributed by atoms with Crippen LogP contribution in [-0.2, 0) is 15.4 Å². The Bertz CT molecular complexity index is 886. The van der Waals surface area contributed by atoms with Crippen LogP contribution >= 0.6 is 19.6 Å². The lowest BCUT2D eigenvalue weighted by Gasteiger charge is -2.34. The van der Waals surface area contributed by atoms with E-state index in [1.807, 2.05) is 42.5 Å². The van der Waals surface area contributed by atoms with Crippen molar-refractivity contribution >= 4 is 27.9 Å². The fourth-order valence-corrected chi connectivity index (χ4v) is 7.23. The molecule has 0 saturated heterocycles. The van der Waals surface area contributed by atoms with Gasteiger partial charge in [0.05, 0.1) is 18.4 Å². The molecule has 0 aliphatic heterocycles. The summed E-state index contributed by atoms with van der Waals surface area (Å²) in [6, 6.07) is 19.5. The van der Waals surface area contributed by atoms with Crippen LogP contribution in [-0.4, -0.2) is 38.1 Å². The van der Waals surface area contributed by atoms with Gasteiger partial charge in [0.25, 0.3) is 0 Å². The molecule has 34 heavy (non-hydrogen) atoms. The Morgan fingerprint density at radius 3 is 2.26 bits per heavy atom. The van der Waals surface area contributed by atoms with Crippen molar-refractivity contribution in [3.05, 3.63) is 64.7 Å². The predicted octanol–water partition coefficient (Wildman–Crippen LogP) is 6.86. The van der Waals surface area contributed by atoms with Crippen LogP contribution in [0.25, 0.3) is 0 Å². The van der Waals surface area contributed by atoms with Crippen molar-refractivity contribution in [1.82, 2.24) is 5.32 Å². The third-order valence-electron chi connectivity index (χ3n) is 6.58. The molecule has 0 fully saturated rings. The zero-order valence-electron chi connectivity index (χ0n) is 21.1. The Hall–Kier alpha value is -1.14. The van der Waals surface area contributed by atoms with Crippen molar-refractivity contribution in [2.24, 2.45) is 0 Å². The Labute approximate surface area is 212 Å². The van der Waals surface area contributed by atoms with Crippen LogP contribution in [0.5, 0.6) is 5.75 Å². The highest BCUT2D eigenvalue weighted by atomic mass is 35.5. The zero-order chi connectivity index (χ0) is 25.1. The summed E-state index contributed by atoms with van der Waals surface area (Å²) in [4.78, 5) is 9.17. The van der Waals surface area contributed by atoms with Crippen molar-refractivity contribution < 1.29 is 18.6 Å². The molecule has 8 heteroatoms. The second kappa shape index (κ2) is 14.4. The molecule has 5 nitrogen and oxygen atoms in total. The first kappa shape index (κ1) is 29.1. The van der Waals surface area contributed by atoms with Crippen LogP contribution in [0, 0.1) is 0 Å². The third kappa shape index (κ3) is 9.14. The molecular formula is C26H41ClNO4PSi. The van der Waals surface area contributed by atoms with Crippen molar-refractivity contribution in [3.63, 3.8) is 0 Å². The lowest BCUT2D eigenvalue weighted by molar-refractivity contribution is 0.182. The molecule has 0 bridgehead atoms. The van der Waals surface area contributed by atoms with Gasteiger partial charge < -0.3 is 19.4 Å². The second-order valence-electron chi connectivity index (χ2n) is 9.11. The molecule has 0 radical (unpaired) electrons. The first-order chi connectivity index (χ1) is 16.2. The topological polar surface area (TPSA) is 67.8 Å². The lowest BCUT2D eigenvalue weighted by atomic mass is 10.1. The number of nitrogens with one attached hydrogen (secondary N) is 1. The molecular weight excluding hydrogens is 485 g/mol. The van der Waals surface area contributed by atoms with Gasteiger partial charge >= 0.3 is 0 Å². The van der Waals surface area contributed by atoms with Crippen LogP contribution < -0.4 is 10.1 Å². The summed E-state index contributed by atoms with van der Waals surface area (Å²) >= 11 is 6.30. The van der Waals surface area contributed by atoms with E-state index >= 15 is 0 Å².